The second-order valence-electron chi connectivity index (χ2n) is 3.06. The summed E-state index contributed by atoms with van der Waals surface area (Å²) in [5.41, 5.74) is 0. The van der Waals surface area contributed by atoms with E-state index < -0.39 is 0 Å². The largest absolute Gasteiger partial charge is 0.286 e. The van der Waals surface area contributed by atoms with Crippen LogP contribution < -0.4 is 0 Å². The second-order valence-corrected chi connectivity index (χ2v) is 3.06. The summed E-state index contributed by atoms with van der Waals surface area (Å²) in [5.74, 6) is -0.0347. The summed E-state index contributed by atoms with van der Waals surface area (Å²) < 4.78 is 0. The van der Waals surface area contributed by atoms with Gasteiger partial charge in [-0.3, -0.25) is 10.0 Å². The van der Waals surface area contributed by atoms with Crippen LogP contribution >= 0.6 is 0 Å². The molecule has 0 aromatic heterocycles. The molecule has 1 atom stereocenters. The van der Waals surface area contributed by atoms with Crippen LogP contribution in [0.3, 0.4) is 0 Å². The van der Waals surface area contributed by atoms with Gasteiger partial charge in [0.05, 0.1) is 0 Å². The number of carbonyl (C=O) groups excluding carboxylic acids is 1. The maximum Gasteiger partial charge on any atom is 0.249 e. The minimum atomic E-state index is -0.0926. The average molecular weight is 157 g/mol. The van der Waals surface area contributed by atoms with Gasteiger partial charge >= 0.3 is 0 Å². The summed E-state index contributed by atoms with van der Waals surface area (Å²) in [7, 11) is 0. The Morgan fingerprint density at radius 3 is 3.00 bits per heavy atom. The van der Waals surface area contributed by atoms with E-state index in [2.05, 4.69) is 0 Å². The highest BCUT2D eigenvalue weighted by atomic mass is 16.5. The van der Waals surface area contributed by atoms with E-state index in [1.165, 1.54) is 0 Å². The first-order valence-electron chi connectivity index (χ1n) is 4.26. The van der Waals surface area contributed by atoms with Gasteiger partial charge in [0, 0.05) is 12.5 Å². The van der Waals surface area contributed by atoms with Crippen molar-refractivity contribution in [2.45, 2.75) is 32.6 Å². The van der Waals surface area contributed by atoms with Gasteiger partial charge in [0.25, 0.3) is 0 Å². The monoisotopic (exact) mass is 157 g/mol. The average Bonchev–Trinajstić information content (AvgIpc) is 2.16. The molecule has 1 rings (SSSR count). The SMILES string of the molecule is CCC1CCCCN(O)C1=O. The molecule has 0 spiro atoms. The smallest absolute Gasteiger partial charge is 0.249 e. The van der Waals surface area contributed by atoms with Gasteiger partial charge < -0.3 is 0 Å². The van der Waals surface area contributed by atoms with Crippen LogP contribution in [-0.2, 0) is 4.79 Å². The molecule has 0 bridgehead atoms. The molecule has 1 fully saturated rings. The van der Waals surface area contributed by atoms with Crippen molar-refractivity contribution in [1.82, 2.24) is 5.06 Å². The highest BCUT2D eigenvalue weighted by Crippen LogP contribution is 2.18. The van der Waals surface area contributed by atoms with E-state index in [1.807, 2.05) is 6.92 Å². The molecule has 0 aromatic rings. The van der Waals surface area contributed by atoms with Gasteiger partial charge in [0.1, 0.15) is 0 Å². The zero-order valence-corrected chi connectivity index (χ0v) is 6.92. The summed E-state index contributed by atoms with van der Waals surface area (Å²) in [6.45, 7) is 2.50. The lowest BCUT2D eigenvalue weighted by molar-refractivity contribution is -0.168. The van der Waals surface area contributed by atoms with Crippen molar-refractivity contribution in [3.05, 3.63) is 0 Å². The number of rotatable bonds is 1. The van der Waals surface area contributed by atoms with Gasteiger partial charge in [0.2, 0.25) is 5.91 Å². The maximum absolute atomic E-state index is 11.3. The molecule has 0 radical (unpaired) electrons. The fraction of sp³-hybridized carbons (Fsp3) is 0.875. The standard InChI is InChI=1S/C8H15NO2/c1-2-7-5-3-4-6-9(11)8(7)10/h7,11H,2-6H2,1H3. The molecule has 1 saturated heterocycles. The number of hydrogen-bond acceptors (Lipinski definition) is 2. The molecule has 1 unspecified atom stereocenters. The Balaban J connectivity index is 2.56. The lowest BCUT2D eigenvalue weighted by atomic mass is 10.0. The molecule has 0 aliphatic carbocycles. The minimum absolute atomic E-state index is 0.0579. The highest BCUT2D eigenvalue weighted by Gasteiger charge is 2.23. The Morgan fingerprint density at radius 1 is 1.64 bits per heavy atom. The minimum Gasteiger partial charge on any atom is -0.286 e. The fourth-order valence-corrected chi connectivity index (χ4v) is 1.48. The molecule has 11 heavy (non-hydrogen) atoms. The van der Waals surface area contributed by atoms with Crippen LogP contribution in [0.2, 0.25) is 0 Å². The first-order valence-corrected chi connectivity index (χ1v) is 4.26. The van der Waals surface area contributed by atoms with Crippen LogP contribution in [0.5, 0.6) is 0 Å². The van der Waals surface area contributed by atoms with Crippen molar-refractivity contribution in [2.24, 2.45) is 5.92 Å². The van der Waals surface area contributed by atoms with Gasteiger partial charge in [-0.1, -0.05) is 13.3 Å². The Hall–Kier alpha value is -0.570. The molecule has 3 heteroatoms. The van der Waals surface area contributed by atoms with E-state index >= 15 is 0 Å². The van der Waals surface area contributed by atoms with Gasteiger partial charge in [-0.05, 0) is 19.3 Å². The Morgan fingerprint density at radius 2 is 2.36 bits per heavy atom. The van der Waals surface area contributed by atoms with Crippen LogP contribution in [0.15, 0.2) is 0 Å². The topological polar surface area (TPSA) is 40.5 Å². The Labute approximate surface area is 67.0 Å². The quantitative estimate of drug-likeness (QED) is 0.585. The Bertz CT molecular complexity index is 147. The normalized spacial score (nSPS) is 26.9. The van der Waals surface area contributed by atoms with Crippen molar-refractivity contribution in [2.75, 3.05) is 6.54 Å². The zero-order chi connectivity index (χ0) is 8.27. The molecule has 1 N–H and O–H groups in total. The van der Waals surface area contributed by atoms with Gasteiger partial charge in [-0.2, -0.15) is 0 Å². The molecule has 0 saturated carbocycles. The highest BCUT2D eigenvalue weighted by molar-refractivity contribution is 5.77. The first-order chi connectivity index (χ1) is 5.25. The number of nitrogens with zero attached hydrogens (tertiary/aromatic N) is 1. The van der Waals surface area contributed by atoms with E-state index in [-0.39, 0.29) is 11.8 Å². The lowest BCUT2D eigenvalue weighted by Gasteiger charge is -2.15. The van der Waals surface area contributed by atoms with Crippen molar-refractivity contribution in [3.8, 4) is 0 Å². The fourth-order valence-electron chi connectivity index (χ4n) is 1.48. The van der Waals surface area contributed by atoms with Crippen LogP contribution in [0.4, 0.5) is 0 Å². The molecule has 1 amide bonds. The van der Waals surface area contributed by atoms with Crippen molar-refractivity contribution >= 4 is 5.91 Å². The summed E-state index contributed by atoms with van der Waals surface area (Å²) in [5, 5.41) is 10.0. The van der Waals surface area contributed by atoms with Gasteiger partial charge in [-0.15, -0.1) is 0 Å². The summed E-state index contributed by atoms with van der Waals surface area (Å²) >= 11 is 0. The predicted molar refractivity (Wildman–Crippen MR) is 41.1 cm³/mol. The van der Waals surface area contributed by atoms with E-state index in [0.717, 1.165) is 30.7 Å². The maximum atomic E-state index is 11.3. The molecule has 1 heterocycles. The van der Waals surface area contributed by atoms with E-state index in [4.69, 9.17) is 5.21 Å². The van der Waals surface area contributed by atoms with E-state index in [0.29, 0.717) is 6.54 Å². The lowest BCUT2D eigenvalue weighted by Crippen LogP contribution is -2.31. The zero-order valence-electron chi connectivity index (χ0n) is 6.92. The van der Waals surface area contributed by atoms with E-state index in [9.17, 15) is 4.79 Å². The molecule has 3 nitrogen and oxygen atoms in total. The number of amides is 1. The molecule has 64 valence electrons. The third-order valence-corrected chi connectivity index (χ3v) is 2.27. The molecular formula is C8H15NO2. The summed E-state index contributed by atoms with van der Waals surface area (Å²) in [4.78, 5) is 11.3. The third kappa shape index (κ3) is 1.93. The first kappa shape index (κ1) is 8.53. The van der Waals surface area contributed by atoms with Crippen molar-refractivity contribution in [1.29, 1.82) is 0 Å². The van der Waals surface area contributed by atoms with Gasteiger partial charge in [-0.25, -0.2) is 5.06 Å². The molecule has 1 aliphatic heterocycles. The van der Waals surface area contributed by atoms with Crippen LogP contribution in [0.25, 0.3) is 0 Å². The van der Waals surface area contributed by atoms with Gasteiger partial charge in [0.15, 0.2) is 0 Å². The predicted octanol–water partition coefficient (Wildman–Crippen LogP) is 1.41. The molecular weight excluding hydrogens is 142 g/mol. The van der Waals surface area contributed by atoms with Crippen LogP contribution in [0, 0.1) is 5.92 Å². The second kappa shape index (κ2) is 3.72. The number of hydroxylamine groups is 2. The molecule has 1 aliphatic rings. The third-order valence-electron chi connectivity index (χ3n) is 2.27. The van der Waals surface area contributed by atoms with E-state index in [1.54, 1.807) is 0 Å². The van der Waals surface area contributed by atoms with Crippen molar-refractivity contribution < 1.29 is 10.0 Å². The summed E-state index contributed by atoms with van der Waals surface area (Å²) in [6, 6.07) is 0. The Kier molecular flexibility index (Phi) is 2.88. The number of carbonyl (C=O) groups is 1. The van der Waals surface area contributed by atoms with Crippen LogP contribution in [-0.4, -0.2) is 22.7 Å². The van der Waals surface area contributed by atoms with Crippen LogP contribution in [0.1, 0.15) is 32.6 Å². The summed E-state index contributed by atoms with van der Waals surface area (Å²) in [6.07, 6.45) is 3.77. The molecule has 0 aromatic carbocycles. The number of hydrogen-bond donors (Lipinski definition) is 1. The van der Waals surface area contributed by atoms with Crippen molar-refractivity contribution in [3.63, 3.8) is 0 Å².